The first kappa shape index (κ1) is 11.2. The summed E-state index contributed by atoms with van der Waals surface area (Å²) in [6, 6.07) is -0.974. The van der Waals surface area contributed by atoms with Crippen molar-refractivity contribution in [1.82, 2.24) is 10.7 Å². The fourth-order valence-electron chi connectivity index (χ4n) is 0.980. The normalized spacial score (nSPS) is 17.4. The Balaban J connectivity index is 2.54. The van der Waals surface area contributed by atoms with Crippen molar-refractivity contribution in [1.29, 1.82) is 0 Å². The van der Waals surface area contributed by atoms with Crippen LogP contribution in [0.15, 0.2) is 5.10 Å². The number of hydrogen-bond donors (Lipinski definition) is 3. The van der Waals surface area contributed by atoms with Crippen LogP contribution in [0.4, 0.5) is 0 Å². The Morgan fingerprint density at radius 1 is 1.53 bits per heavy atom. The molecule has 82 valence electrons. The molecular weight excluding hydrogens is 202 g/mol. The number of hydrazone groups is 1. The molecule has 1 heterocycles. The maximum atomic E-state index is 11.4. The monoisotopic (exact) mass is 213 g/mol. The smallest absolute Gasteiger partial charge is 0.325 e. The van der Waals surface area contributed by atoms with Crippen molar-refractivity contribution < 1.29 is 19.5 Å². The molecule has 0 saturated carbocycles. The number of carbonyl (C=O) groups is 3. The van der Waals surface area contributed by atoms with Gasteiger partial charge in [0.15, 0.2) is 0 Å². The summed E-state index contributed by atoms with van der Waals surface area (Å²) in [5, 5.41) is 14.3. The molecule has 0 spiro atoms. The highest BCUT2D eigenvalue weighted by molar-refractivity contribution is 6.39. The first-order valence-electron chi connectivity index (χ1n) is 4.40. The van der Waals surface area contributed by atoms with Gasteiger partial charge in [0.25, 0.3) is 5.91 Å². The topological polar surface area (TPSA) is 108 Å². The van der Waals surface area contributed by atoms with Crippen molar-refractivity contribution >= 4 is 23.5 Å². The molecule has 0 aromatic carbocycles. The fraction of sp³-hybridized carbons (Fsp3) is 0.500. The molecule has 1 aliphatic rings. The highest BCUT2D eigenvalue weighted by Crippen LogP contribution is 1.99. The number of rotatable bonds is 3. The predicted molar refractivity (Wildman–Crippen MR) is 50.1 cm³/mol. The summed E-state index contributed by atoms with van der Waals surface area (Å²) in [5.74, 6) is -1.94. The van der Waals surface area contributed by atoms with Crippen LogP contribution in [0, 0.1) is 0 Å². The number of amides is 2. The zero-order valence-electron chi connectivity index (χ0n) is 8.11. The molecule has 0 fully saturated rings. The number of carbonyl (C=O) groups excluding carboxylic acids is 2. The highest BCUT2D eigenvalue weighted by atomic mass is 16.4. The molecule has 0 bridgehead atoms. The van der Waals surface area contributed by atoms with Gasteiger partial charge in [-0.05, 0) is 6.92 Å². The van der Waals surface area contributed by atoms with Crippen LogP contribution in [0.25, 0.3) is 0 Å². The predicted octanol–water partition coefficient (Wildman–Crippen LogP) is -1.16. The van der Waals surface area contributed by atoms with E-state index >= 15 is 0 Å². The molecular formula is C8H11N3O4. The Hall–Kier alpha value is -1.92. The molecule has 3 N–H and O–H groups in total. The first-order valence-corrected chi connectivity index (χ1v) is 4.40. The highest BCUT2D eigenvalue weighted by Gasteiger charge is 2.21. The third-order valence-electron chi connectivity index (χ3n) is 1.88. The van der Waals surface area contributed by atoms with Crippen LogP contribution in [0.3, 0.4) is 0 Å². The maximum Gasteiger partial charge on any atom is 0.325 e. The third kappa shape index (κ3) is 3.04. The van der Waals surface area contributed by atoms with E-state index in [4.69, 9.17) is 5.11 Å². The standard InChI is InChI=1S/C8H11N3O4/c1-4(8(14)15)9-7(13)5-2-3-6(12)11-10-5/h4H,2-3H2,1H3,(H,9,13)(H,11,12)(H,14,15)/t4-/m0/s1. The van der Waals surface area contributed by atoms with Crippen LogP contribution >= 0.6 is 0 Å². The lowest BCUT2D eigenvalue weighted by atomic mass is 10.1. The van der Waals surface area contributed by atoms with Gasteiger partial charge in [0.2, 0.25) is 5.91 Å². The molecule has 1 aliphatic heterocycles. The van der Waals surface area contributed by atoms with E-state index in [1.807, 2.05) is 0 Å². The van der Waals surface area contributed by atoms with Gasteiger partial charge in [0, 0.05) is 12.8 Å². The van der Waals surface area contributed by atoms with Crippen LogP contribution in [0.2, 0.25) is 0 Å². The molecule has 2 amide bonds. The van der Waals surface area contributed by atoms with Crippen molar-refractivity contribution in [3.63, 3.8) is 0 Å². The van der Waals surface area contributed by atoms with E-state index in [1.54, 1.807) is 0 Å². The average Bonchev–Trinajstić information content (AvgIpc) is 2.18. The molecule has 0 radical (unpaired) electrons. The zero-order chi connectivity index (χ0) is 11.4. The Kier molecular flexibility index (Phi) is 3.37. The lowest BCUT2D eigenvalue weighted by Gasteiger charge is -2.13. The second kappa shape index (κ2) is 4.54. The van der Waals surface area contributed by atoms with E-state index in [0.29, 0.717) is 0 Å². The van der Waals surface area contributed by atoms with Crippen LogP contribution in [0.5, 0.6) is 0 Å². The summed E-state index contributed by atoms with van der Waals surface area (Å²) in [5.41, 5.74) is 2.30. The summed E-state index contributed by atoms with van der Waals surface area (Å²) >= 11 is 0. The van der Waals surface area contributed by atoms with Gasteiger partial charge in [-0.3, -0.25) is 14.4 Å². The van der Waals surface area contributed by atoms with E-state index in [0.717, 1.165) is 0 Å². The van der Waals surface area contributed by atoms with Crippen molar-refractivity contribution in [2.45, 2.75) is 25.8 Å². The molecule has 15 heavy (non-hydrogen) atoms. The van der Waals surface area contributed by atoms with Gasteiger partial charge in [-0.15, -0.1) is 0 Å². The van der Waals surface area contributed by atoms with E-state index in [-0.39, 0.29) is 24.5 Å². The minimum Gasteiger partial charge on any atom is -0.480 e. The van der Waals surface area contributed by atoms with Crippen LogP contribution in [-0.4, -0.2) is 34.6 Å². The minimum atomic E-state index is -1.12. The quantitative estimate of drug-likeness (QED) is 0.549. The van der Waals surface area contributed by atoms with E-state index in [9.17, 15) is 14.4 Å². The minimum absolute atomic E-state index is 0.141. The Bertz CT molecular complexity index is 337. The third-order valence-corrected chi connectivity index (χ3v) is 1.88. The molecule has 7 nitrogen and oxygen atoms in total. The van der Waals surface area contributed by atoms with Gasteiger partial charge in [0.1, 0.15) is 11.8 Å². The number of aliphatic carboxylic acids is 1. The number of carboxylic acids is 1. The first-order chi connectivity index (χ1) is 7.00. The van der Waals surface area contributed by atoms with Gasteiger partial charge in [-0.2, -0.15) is 5.10 Å². The van der Waals surface area contributed by atoms with Gasteiger partial charge < -0.3 is 10.4 Å². The van der Waals surface area contributed by atoms with Gasteiger partial charge in [0.05, 0.1) is 0 Å². The van der Waals surface area contributed by atoms with E-state index in [1.165, 1.54) is 6.92 Å². The van der Waals surface area contributed by atoms with Gasteiger partial charge >= 0.3 is 5.97 Å². The molecule has 1 rings (SSSR count). The zero-order valence-corrected chi connectivity index (χ0v) is 8.11. The van der Waals surface area contributed by atoms with E-state index < -0.39 is 17.9 Å². The van der Waals surface area contributed by atoms with Gasteiger partial charge in [-0.1, -0.05) is 0 Å². The number of nitrogens with zero attached hydrogens (tertiary/aromatic N) is 1. The summed E-state index contributed by atoms with van der Waals surface area (Å²) in [4.78, 5) is 32.5. The molecule has 7 heteroatoms. The fourth-order valence-corrected chi connectivity index (χ4v) is 0.980. The van der Waals surface area contributed by atoms with E-state index in [2.05, 4.69) is 15.8 Å². The second-order valence-corrected chi connectivity index (χ2v) is 3.13. The summed E-state index contributed by atoms with van der Waals surface area (Å²) in [7, 11) is 0. The Labute approximate surface area is 85.5 Å². The number of hydrogen-bond acceptors (Lipinski definition) is 4. The molecule has 0 aliphatic carbocycles. The van der Waals surface area contributed by atoms with Crippen molar-refractivity contribution in [3.8, 4) is 0 Å². The number of nitrogens with one attached hydrogen (secondary N) is 2. The molecule has 0 saturated heterocycles. The lowest BCUT2D eigenvalue weighted by Crippen LogP contribution is -2.44. The van der Waals surface area contributed by atoms with Crippen molar-refractivity contribution in [2.75, 3.05) is 0 Å². The van der Waals surface area contributed by atoms with Crippen LogP contribution in [0.1, 0.15) is 19.8 Å². The number of carboxylic acid groups (broad SMARTS) is 1. The summed E-state index contributed by atoms with van der Waals surface area (Å²) in [6.07, 6.45) is 0.414. The molecule has 0 aromatic heterocycles. The largest absolute Gasteiger partial charge is 0.480 e. The maximum absolute atomic E-state index is 11.4. The van der Waals surface area contributed by atoms with Crippen LogP contribution in [-0.2, 0) is 14.4 Å². The second-order valence-electron chi connectivity index (χ2n) is 3.13. The van der Waals surface area contributed by atoms with Crippen molar-refractivity contribution in [3.05, 3.63) is 0 Å². The summed E-state index contributed by atoms with van der Waals surface area (Å²) in [6.45, 7) is 1.35. The Morgan fingerprint density at radius 2 is 2.20 bits per heavy atom. The molecule has 0 unspecified atom stereocenters. The van der Waals surface area contributed by atoms with Gasteiger partial charge in [-0.25, -0.2) is 5.43 Å². The van der Waals surface area contributed by atoms with Crippen molar-refractivity contribution in [2.24, 2.45) is 5.10 Å². The average molecular weight is 213 g/mol. The summed E-state index contributed by atoms with van der Waals surface area (Å²) < 4.78 is 0. The lowest BCUT2D eigenvalue weighted by molar-refractivity contribution is -0.140. The molecule has 0 aromatic rings. The Morgan fingerprint density at radius 3 is 2.67 bits per heavy atom. The molecule has 1 atom stereocenters. The van der Waals surface area contributed by atoms with Crippen LogP contribution < -0.4 is 10.7 Å². The SMILES string of the molecule is C[C@H](NC(=O)C1=NNC(=O)CC1)C(=O)O.